The van der Waals surface area contributed by atoms with Crippen molar-refractivity contribution in [1.29, 1.82) is 0 Å². The topological polar surface area (TPSA) is 73.5 Å². The number of nitrogens with one attached hydrogen (secondary N) is 3. The van der Waals surface area contributed by atoms with Gasteiger partial charge in [-0.25, -0.2) is 4.79 Å². The summed E-state index contributed by atoms with van der Waals surface area (Å²) in [5.74, 6) is 0.462. The van der Waals surface area contributed by atoms with E-state index < -0.39 is 0 Å². The first-order valence-electron chi connectivity index (χ1n) is 9.23. The summed E-state index contributed by atoms with van der Waals surface area (Å²) in [5.41, 5.74) is 2.53. The van der Waals surface area contributed by atoms with Crippen molar-refractivity contribution in [3.05, 3.63) is 35.4 Å². The summed E-state index contributed by atoms with van der Waals surface area (Å²) in [6.45, 7) is 5.78. The van der Waals surface area contributed by atoms with E-state index in [0.29, 0.717) is 25.4 Å². The Labute approximate surface area is 161 Å². The van der Waals surface area contributed by atoms with Gasteiger partial charge in [-0.05, 0) is 43.0 Å². The summed E-state index contributed by atoms with van der Waals surface area (Å²) in [4.78, 5) is 26.2. The Morgan fingerprint density at radius 1 is 1.27 bits per heavy atom. The van der Waals surface area contributed by atoms with Gasteiger partial charge in [0.1, 0.15) is 0 Å². The molecular weight excluding hydrogens is 352 g/mol. The van der Waals surface area contributed by atoms with Crippen LogP contribution in [0.1, 0.15) is 30.9 Å². The van der Waals surface area contributed by atoms with E-state index in [4.69, 9.17) is 0 Å². The molecule has 3 N–H and O–H groups in total. The van der Waals surface area contributed by atoms with Crippen LogP contribution in [0, 0.1) is 5.92 Å². The molecule has 1 aromatic carbocycles. The molecule has 2 unspecified atom stereocenters. The average molecular weight is 381 g/mol. The van der Waals surface area contributed by atoms with E-state index in [0.717, 1.165) is 32.5 Å². The third-order valence-corrected chi connectivity index (χ3v) is 5.18. The van der Waals surface area contributed by atoms with E-state index in [2.05, 4.69) is 35.0 Å². The SMILES string of the molecule is CC1CNCCC1NC(=O)CCNC(=O)N1CCc2ccccc2C1.Cl. The van der Waals surface area contributed by atoms with E-state index in [1.807, 2.05) is 17.0 Å². The van der Waals surface area contributed by atoms with Crippen molar-refractivity contribution in [1.82, 2.24) is 20.9 Å². The Morgan fingerprint density at radius 3 is 2.81 bits per heavy atom. The molecule has 2 aliphatic heterocycles. The number of carbonyl (C=O) groups is 2. The maximum Gasteiger partial charge on any atom is 0.317 e. The fraction of sp³-hybridized carbons (Fsp3) is 0.579. The van der Waals surface area contributed by atoms with Crippen molar-refractivity contribution in [2.24, 2.45) is 5.92 Å². The minimum atomic E-state index is -0.0856. The Morgan fingerprint density at radius 2 is 2.04 bits per heavy atom. The molecule has 1 saturated heterocycles. The number of hydrogen-bond donors (Lipinski definition) is 3. The lowest BCUT2D eigenvalue weighted by Crippen LogP contribution is -2.49. The van der Waals surface area contributed by atoms with Crippen LogP contribution in [0.15, 0.2) is 24.3 Å². The highest BCUT2D eigenvalue weighted by molar-refractivity contribution is 5.85. The lowest BCUT2D eigenvalue weighted by atomic mass is 9.95. The fourth-order valence-electron chi connectivity index (χ4n) is 3.57. The number of carbonyl (C=O) groups excluding carboxylic acids is 2. The van der Waals surface area contributed by atoms with Gasteiger partial charge in [0.15, 0.2) is 0 Å². The van der Waals surface area contributed by atoms with Crippen molar-refractivity contribution in [2.45, 2.75) is 38.8 Å². The Kier molecular flexibility index (Phi) is 7.72. The van der Waals surface area contributed by atoms with Crippen molar-refractivity contribution in [3.63, 3.8) is 0 Å². The lowest BCUT2D eigenvalue weighted by Gasteiger charge is -2.30. The number of benzene rings is 1. The van der Waals surface area contributed by atoms with Gasteiger partial charge < -0.3 is 20.9 Å². The molecule has 26 heavy (non-hydrogen) atoms. The van der Waals surface area contributed by atoms with E-state index >= 15 is 0 Å². The zero-order chi connectivity index (χ0) is 17.6. The molecule has 144 valence electrons. The van der Waals surface area contributed by atoms with Gasteiger partial charge in [0.05, 0.1) is 0 Å². The Hall–Kier alpha value is -1.79. The minimum Gasteiger partial charge on any atom is -0.353 e. The predicted octanol–water partition coefficient (Wildman–Crippen LogP) is 1.68. The first-order valence-corrected chi connectivity index (χ1v) is 9.23. The molecule has 0 spiro atoms. The second-order valence-corrected chi connectivity index (χ2v) is 7.07. The van der Waals surface area contributed by atoms with Gasteiger partial charge in [-0.15, -0.1) is 12.4 Å². The van der Waals surface area contributed by atoms with Gasteiger partial charge in [-0.3, -0.25) is 4.79 Å². The molecule has 0 bridgehead atoms. The first kappa shape index (κ1) is 20.5. The molecule has 6 nitrogen and oxygen atoms in total. The predicted molar refractivity (Wildman–Crippen MR) is 104 cm³/mol. The van der Waals surface area contributed by atoms with Crippen molar-refractivity contribution in [3.8, 4) is 0 Å². The highest BCUT2D eigenvalue weighted by Gasteiger charge is 2.23. The molecule has 3 rings (SSSR count). The number of hydrogen-bond acceptors (Lipinski definition) is 3. The molecule has 0 aliphatic carbocycles. The molecular formula is C19H29ClN4O2. The van der Waals surface area contributed by atoms with Crippen LogP contribution in [-0.4, -0.2) is 49.1 Å². The highest BCUT2D eigenvalue weighted by Crippen LogP contribution is 2.18. The van der Waals surface area contributed by atoms with Crippen LogP contribution in [0.3, 0.4) is 0 Å². The number of amides is 3. The third-order valence-electron chi connectivity index (χ3n) is 5.18. The van der Waals surface area contributed by atoms with Crippen LogP contribution >= 0.6 is 12.4 Å². The highest BCUT2D eigenvalue weighted by atomic mass is 35.5. The Bertz CT molecular complexity index is 625. The molecule has 1 aromatic rings. The number of fused-ring (bicyclic) bond motifs is 1. The first-order chi connectivity index (χ1) is 12.1. The number of piperidine rings is 1. The Balaban J connectivity index is 0.00000243. The van der Waals surface area contributed by atoms with E-state index in [1.54, 1.807) is 0 Å². The minimum absolute atomic E-state index is 0. The summed E-state index contributed by atoms with van der Waals surface area (Å²) in [6.07, 6.45) is 2.18. The van der Waals surface area contributed by atoms with Gasteiger partial charge >= 0.3 is 6.03 Å². The van der Waals surface area contributed by atoms with Gasteiger partial charge in [0.25, 0.3) is 0 Å². The van der Waals surface area contributed by atoms with Gasteiger partial charge in [0, 0.05) is 32.1 Å². The maximum atomic E-state index is 12.3. The number of rotatable bonds is 4. The van der Waals surface area contributed by atoms with Crippen molar-refractivity contribution < 1.29 is 9.59 Å². The molecule has 1 fully saturated rings. The number of urea groups is 1. The normalized spacial score (nSPS) is 22.0. The van der Waals surface area contributed by atoms with Gasteiger partial charge in [-0.2, -0.15) is 0 Å². The number of nitrogens with zero attached hydrogens (tertiary/aromatic N) is 1. The van der Waals surface area contributed by atoms with Crippen LogP contribution < -0.4 is 16.0 Å². The standard InChI is InChI=1S/C19H28N4O2.ClH/c1-14-12-20-9-6-17(14)22-18(24)7-10-21-19(25)23-11-8-15-4-2-3-5-16(15)13-23;/h2-5,14,17,20H,6-13H2,1H3,(H,21,25)(H,22,24);1H. The van der Waals surface area contributed by atoms with Crippen LogP contribution in [0.5, 0.6) is 0 Å². The zero-order valence-corrected chi connectivity index (χ0v) is 16.1. The zero-order valence-electron chi connectivity index (χ0n) is 15.3. The van der Waals surface area contributed by atoms with E-state index in [1.165, 1.54) is 11.1 Å². The van der Waals surface area contributed by atoms with Gasteiger partial charge in [0.2, 0.25) is 5.91 Å². The van der Waals surface area contributed by atoms with Crippen molar-refractivity contribution in [2.75, 3.05) is 26.2 Å². The monoisotopic (exact) mass is 380 g/mol. The molecule has 3 amide bonds. The van der Waals surface area contributed by atoms with Crippen LogP contribution in [-0.2, 0) is 17.8 Å². The second kappa shape index (κ2) is 9.78. The molecule has 0 radical (unpaired) electrons. The van der Waals surface area contributed by atoms with Crippen LogP contribution in [0.25, 0.3) is 0 Å². The third kappa shape index (κ3) is 5.35. The molecule has 0 saturated carbocycles. The maximum absolute atomic E-state index is 12.3. The van der Waals surface area contributed by atoms with Crippen LogP contribution in [0.2, 0.25) is 0 Å². The van der Waals surface area contributed by atoms with Gasteiger partial charge in [-0.1, -0.05) is 31.2 Å². The quantitative estimate of drug-likeness (QED) is 0.744. The van der Waals surface area contributed by atoms with E-state index in [-0.39, 0.29) is 30.4 Å². The molecule has 2 atom stereocenters. The molecule has 2 heterocycles. The summed E-state index contributed by atoms with van der Waals surface area (Å²) in [7, 11) is 0. The summed E-state index contributed by atoms with van der Waals surface area (Å²) < 4.78 is 0. The van der Waals surface area contributed by atoms with Crippen LogP contribution in [0.4, 0.5) is 4.79 Å². The summed E-state index contributed by atoms with van der Waals surface area (Å²) in [6, 6.07) is 8.39. The molecule has 0 aromatic heterocycles. The lowest BCUT2D eigenvalue weighted by molar-refractivity contribution is -0.122. The number of halogens is 1. The summed E-state index contributed by atoms with van der Waals surface area (Å²) in [5, 5.41) is 9.29. The van der Waals surface area contributed by atoms with E-state index in [9.17, 15) is 9.59 Å². The van der Waals surface area contributed by atoms with Crippen molar-refractivity contribution >= 4 is 24.3 Å². The second-order valence-electron chi connectivity index (χ2n) is 7.07. The largest absolute Gasteiger partial charge is 0.353 e. The smallest absolute Gasteiger partial charge is 0.317 e. The summed E-state index contributed by atoms with van der Waals surface area (Å²) >= 11 is 0. The molecule has 7 heteroatoms. The fourth-order valence-corrected chi connectivity index (χ4v) is 3.57. The average Bonchev–Trinajstić information content (AvgIpc) is 2.63. The molecule has 2 aliphatic rings.